The first-order chi connectivity index (χ1) is 8.43. The van der Waals surface area contributed by atoms with E-state index in [2.05, 4.69) is 4.98 Å². The molecule has 6 nitrogen and oxygen atoms in total. The van der Waals surface area contributed by atoms with Gasteiger partial charge in [0.2, 0.25) is 5.91 Å². The lowest BCUT2D eigenvalue weighted by Crippen LogP contribution is -2.27. The van der Waals surface area contributed by atoms with Crippen LogP contribution in [0.2, 0.25) is 0 Å². The summed E-state index contributed by atoms with van der Waals surface area (Å²) in [5, 5.41) is 7.47. The van der Waals surface area contributed by atoms with Crippen LogP contribution in [0.1, 0.15) is 12.1 Å². The Morgan fingerprint density at radius 2 is 2.28 bits per heavy atom. The molecule has 0 N–H and O–H groups in total. The molecule has 18 heavy (non-hydrogen) atoms. The van der Waals surface area contributed by atoms with Gasteiger partial charge in [0.25, 0.3) is 0 Å². The van der Waals surface area contributed by atoms with Crippen LogP contribution in [0.4, 0.5) is 9.57 Å². The highest BCUT2D eigenvalue weighted by molar-refractivity contribution is 7.87. The Morgan fingerprint density at radius 3 is 2.83 bits per heavy atom. The van der Waals surface area contributed by atoms with Crippen molar-refractivity contribution in [2.75, 3.05) is 11.4 Å². The molecule has 94 valence electrons. The Kier molecular flexibility index (Phi) is 3.00. The number of amides is 1. The van der Waals surface area contributed by atoms with Gasteiger partial charge in [-0.3, -0.25) is 4.79 Å². The molecule has 1 fully saturated rings. The monoisotopic (exact) mass is 269 g/mol. The van der Waals surface area contributed by atoms with E-state index in [-0.39, 0.29) is 17.9 Å². The summed E-state index contributed by atoms with van der Waals surface area (Å²) in [5.41, 5.74) is 0.207. The number of aromatic nitrogens is 1. The van der Waals surface area contributed by atoms with Gasteiger partial charge >= 0.3 is 10.2 Å². The standard InChI is InChI=1S/C10H8FN3O3S/c11-18(16,17)7-4-10(15)14(6-7)9-2-1-3-13-8(9)5-12/h1-3,7H,4,6H2. The summed E-state index contributed by atoms with van der Waals surface area (Å²) in [5.74, 6) is -0.536. The first-order valence-corrected chi connectivity index (χ1v) is 6.47. The van der Waals surface area contributed by atoms with E-state index in [1.165, 1.54) is 18.3 Å². The van der Waals surface area contributed by atoms with Crippen LogP contribution in [-0.2, 0) is 15.0 Å². The number of carbonyl (C=O) groups is 1. The Hall–Kier alpha value is -2.01. The number of anilines is 1. The van der Waals surface area contributed by atoms with Crippen molar-refractivity contribution in [3.05, 3.63) is 24.0 Å². The molecule has 1 aliphatic heterocycles. The Balaban J connectivity index is 2.37. The molecule has 1 aliphatic rings. The van der Waals surface area contributed by atoms with Crippen molar-refractivity contribution in [1.29, 1.82) is 5.26 Å². The zero-order chi connectivity index (χ0) is 13.3. The number of nitrogens with zero attached hydrogens (tertiary/aromatic N) is 3. The Bertz CT molecular complexity index is 638. The first-order valence-electron chi connectivity index (χ1n) is 5.02. The predicted octanol–water partition coefficient (Wildman–Crippen LogP) is 0.358. The van der Waals surface area contributed by atoms with Gasteiger partial charge in [-0.05, 0) is 12.1 Å². The van der Waals surface area contributed by atoms with Crippen LogP contribution in [0.15, 0.2) is 18.3 Å². The molecule has 0 saturated carbocycles. The molecule has 2 rings (SSSR count). The van der Waals surface area contributed by atoms with E-state index in [1.807, 2.05) is 0 Å². The van der Waals surface area contributed by atoms with Crippen LogP contribution < -0.4 is 4.90 Å². The first kappa shape index (κ1) is 12.4. The molecular formula is C10H8FN3O3S. The summed E-state index contributed by atoms with van der Waals surface area (Å²) in [6, 6.07) is 4.78. The van der Waals surface area contributed by atoms with Crippen molar-refractivity contribution in [2.24, 2.45) is 0 Å². The molecule has 2 heterocycles. The highest BCUT2D eigenvalue weighted by Crippen LogP contribution is 2.27. The third-order valence-corrected chi connectivity index (χ3v) is 3.78. The van der Waals surface area contributed by atoms with Crippen LogP contribution in [0.5, 0.6) is 0 Å². The van der Waals surface area contributed by atoms with E-state index < -0.39 is 27.8 Å². The lowest BCUT2D eigenvalue weighted by atomic mass is 10.3. The number of nitriles is 1. The van der Waals surface area contributed by atoms with Gasteiger partial charge in [0.05, 0.1) is 5.69 Å². The quantitative estimate of drug-likeness (QED) is 0.723. The highest BCUT2D eigenvalue weighted by Gasteiger charge is 2.39. The third-order valence-electron chi connectivity index (χ3n) is 2.67. The van der Waals surface area contributed by atoms with Crippen molar-refractivity contribution in [3.63, 3.8) is 0 Å². The van der Waals surface area contributed by atoms with E-state index >= 15 is 0 Å². The van der Waals surface area contributed by atoms with Crippen LogP contribution >= 0.6 is 0 Å². The molecule has 8 heteroatoms. The Morgan fingerprint density at radius 1 is 1.56 bits per heavy atom. The van der Waals surface area contributed by atoms with Crippen LogP contribution in [0, 0.1) is 11.3 Å². The van der Waals surface area contributed by atoms with Gasteiger partial charge in [0.1, 0.15) is 11.3 Å². The minimum Gasteiger partial charge on any atom is -0.308 e. The topological polar surface area (TPSA) is 91.1 Å². The van der Waals surface area contributed by atoms with Crippen molar-refractivity contribution >= 4 is 21.8 Å². The molecular weight excluding hydrogens is 261 g/mol. The zero-order valence-electron chi connectivity index (χ0n) is 9.08. The van der Waals surface area contributed by atoms with Gasteiger partial charge in [0, 0.05) is 19.2 Å². The van der Waals surface area contributed by atoms with E-state index in [4.69, 9.17) is 5.26 Å². The average molecular weight is 269 g/mol. The van der Waals surface area contributed by atoms with E-state index in [9.17, 15) is 17.1 Å². The largest absolute Gasteiger partial charge is 0.308 e. The summed E-state index contributed by atoms with van der Waals surface area (Å²) in [6.45, 7) is -0.294. The van der Waals surface area contributed by atoms with Crippen LogP contribution in [0.25, 0.3) is 0 Å². The van der Waals surface area contributed by atoms with Gasteiger partial charge in [-0.25, -0.2) is 4.98 Å². The van der Waals surface area contributed by atoms with Crippen molar-refractivity contribution < 1.29 is 17.1 Å². The lowest BCUT2D eigenvalue weighted by molar-refractivity contribution is -0.117. The summed E-state index contributed by atoms with van der Waals surface area (Å²) >= 11 is 0. The maximum Gasteiger partial charge on any atom is 0.307 e. The number of carbonyl (C=O) groups excluding carboxylic acids is 1. The number of rotatable bonds is 2. The van der Waals surface area contributed by atoms with Gasteiger partial charge in [-0.2, -0.15) is 13.7 Å². The molecule has 0 aromatic carbocycles. The van der Waals surface area contributed by atoms with Crippen LogP contribution in [-0.4, -0.2) is 31.1 Å². The molecule has 0 radical (unpaired) electrons. The average Bonchev–Trinajstić information content (AvgIpc) is 2.71. The van der Waals surface area contributed by atoms with Crippen molar-refractivity contribution in [3.8, 4) is 6.07 Å². The summed E-state index contributed by atoms with van der Waals surface area (Å²) in [6.07, 6.45) is 0.963. The number of halogens is 1. The normalized spacial score (nSPS) is 19.9. The fourth-order valence-corrected chi connectivity index (χ4v) is 2.47. The SMILES string of the molecule is N#Cc1ncccc1N1CC(S(=O)(=O)F)CC1=O. The minimum atomic E-state index is -4.76. The van der Waals surface area contributed by atoms with Gasteiger partial charge < -0.3 is 4.90 Å². The maximum atomic E-state index is 12.9. The maximum absolute atomic E-state index is 12.9. The molecule has 1 amide bonds. The second-order valence-electron chi connectivity index (χ2n) is 3.79. The second-order valence-corrected chi connectivity index (χ2v) is 5.41. The minimum absolute atomic E-state index is 0.00255. The van der Waals surface area contributed by atoms with Crippen molar-refractivity contribution in [2.45, 2.75) is 11.7 Å². The fourth-order valence-electron chi connectivity index (χ4n) is 1.80. The summed E-state index contributed by atoms with van der Waals surface area (Å²) in [4.78, 5) is 16.5. The predicted molar refractivity (Wildman–Crippen MR) is 59.7 cm³/mol. The molecule has 1 aromatic heterocycles. The van der Waals surface area contributed by atoms with E-state index in [0.717, 1.165) is 4.90 Å². The van der Waals surface area contributed by atoms with E-state index in [0.29, 0.717) is 0 Å². The number of hydrogen-bond donors (Lipinski definition) is 0. The van der Waals surface area contributed by atoms with Gasteiger partial charge in [0.15, 0.2) is 5.69 Å². The van der Waals surface area contributed by atoms with Gasteiger partial charge in [-0.1, -0.05) is 0 Å². The summed E-state index contributed by atoms with van der Waals surface area (Å²) in [7, 11) is -4.76. The fraction of sp³-hybridized carbons (Fsp3) is 0.300. The molecule has 1 aromatic rings. The molecule has 1 atom stereocenters. The smallest absolute Gasteiger partial charge is 0.307 e. The zero-order valence-corrected chi connectivity index (χ0v) is 9.89. The second kappa shape index (κ2) is 4.34. The van der Waals surface area contributed by atoms with Crippen molar-refractivity contribution in [1.82, 2.24) is 4.98 Å². The number of hydrogen-bond acceptors (Lipinski definition) is 5. The third kappa shape index (κ3) is 2.17. The Labute approximate surface area is 103 Å². The summed E-state index contributed by atoms with van der Waals surface area (Å²) < 4.78 is 34.4. The molecule has 0 bridgehead atoms. The molecule has 0 aliphatic carbocycles. The van der Waals surface area contributed by atoms with Crippen LogP contribution in [0.3, 0.4) is 0 Å². The molecule has 1 saturated heterocycles. The van der Waals surface area contributed by atoms with Gasteiger partial charge in [-0.15, -0.1) is 3.89 Å². The lowest BCUT2D eigenvalue weighted by Gasteiger charge is -2.16. The number of pyridine rings is 1. The highest BCUT2D eigenvalue weighted by atomic mass is 32.3. The van der Waals surface area contributed by atoms with E-state index in [1.54, 1.807) is 6.07 Å². The molecule has 1 unspecified atom stereocenters. The molecule has 0 spiro atoms.